The highest BCUT2D eigenvalue weighted by molar-refractivity contribution is 5.44. The second-order valence-corrected chi connectivity index (χ2v) is 4.33. The van der Waals surface area contributed by atoms with Gasteiger partial charge in [0.05, 0.1) is 12.1 Å². The standard InChI is InChI=1S/C13H24N4O/c1-3-5-13(18-4-2)12(17-15)8-10-9-16-7-6-11(10)14/h6-7,9,12-13,17H,3-5,8,15H2,1-2H3,(H2,14,16). The van der Waals surface area contributed by atoms with E-state index in [-0.39, 0.29) is 12.1 Å². The van der Waals surface area contributed by atoms with E-state index in [4.69, 9.17) is 16.3 Å². The van der Waals surface area contributed by atoms with Crippen molar-refractivity contribution in [3.05, 3.63) is 24.0 Å². The first-order valence-corrected chi connectivity index (χ1v) is 6.49. The predicted molar refractivity (Wildman–Crippen MR) is 73.8 cm³/mol. The molecule has 0 saturated carbocycles. The summed E-state index contributed by atoms with van der Waals surface area (Å²) in [4.78, 5) is 4.09. The zero-order valence-corrected chi connectivity index (χ0v) is 11.2. The first-order valence-electron chi connectivity index (χ1n) is 6.49. The fourth-order valence-electron chi connectivity index (χ4n) is 2.04. The quantitative estimate of drug-likeness (QED) is 0.479. The van der Waals surface area contributed by atoms with Gasteiger partial charge in [-0.05, 0) is 31.4 Å². The molecular formula is C13H24N4O. The van der Waals surface area contributed by atoms with E-state index >= 15 is 0 Å². The van der Waals surface area contributed by atoms with Crippen LogP contribution in [0.3, 0.4) is 0 Å². The van der Waals surface area contributed by atoms with Crippen LogP contribution in [0.25, 0.3) is 0 Å². The molecule has 0 bridgehead atoms. The number of hydrogen-bond donors (Lipinski definition) is 3. The van der Waals surface area contributed by atoms with Crippen molar-refractivity contribution in [3.8, 4) is 0 Å². The van der Waals surface area contributed by atoms with E-state index < -0.39 is 0 Å². The monoisotopic (exact) mass is 252 g/mol. The number of nitrogens with two attached hydrogens (primary N) is 2. The molecule has 0 aliphatic heterocycles. The molecule has 1 heterocycles. The second kappa shape index (κ2) is 8.02. The van der Waals surface area contributed by atoms with Gasteiger partial charge < -0.3 is 10.5 Å². The highest BCUT2D eigenvalue weighted by atomic mass is 16.5. The molecule has 5 N–H and O–H groups in total. The average Bonchev–Trinajstić information content (AvgIpc) is 2.38. The summed E-state index contributed by atoms with van der Waals surface area (Å²) in [6.45, 7) is 4.82. The van der Waals surface area contributed by atoms with Crippen LogP contribution in [0.2, 0.25) is 0 Å². The zero-order chi connectivity index (χ0) is 13.4. The molecule has 0 aliphatic carbocycles. The summed E-state index contributed by atoms with van der Waals surface area (Å²) in [5.74, 6) is 5.64. The van der Waals surface area contributed by atoms with Crippen molar-refractivity contribution >= 4 is 5.69 Å². The van der Waals surface area contributed by atoms with E-state index in [9.17, 15) is 0 Å². The molecule has 5 nitrogen and oxygen atoms in total. The van der Waals surface area contributed by atoms with Gasteiger partial charge in [0, 0.05) is 24.7 Å². The lowest BCUT2D eigenvalue weighted by atomic mass is 9.99. The van der Waals surface area contributed by atoms with Crippen molar-refractivity contribution in [2.75, 3.05) is 12.3 Å². The molecule has 1 rings (SSSR count). The van der Waals surface area contributed by atoms with E-state index in [1.807, 2.05) is 6.92 Å². The largest absolute Gasteiger partial charge is 0.398 e. The number of hydrogen-bond acceptors (Lipinski definition) is 5. The van der Waals surface area contributed by atoms with E-state index in [1.165, 1.54) is 0 Å². The minimum atomic E-state index is 0.0522. The summed E-state index contributed by atoms with van der Waals surface area (Å²) in [5.41, 5.74) is 10.5. The normalized spacial score (nSPS) is 14.4. The van der Waals surface area contributed by atoms with Crippen LogP contribution in [-0.2, 0) is 11.2 Å². The van der Waals surface area contributed by atoms with Crippen LogP contribution in [0, 0.1) is 0 Å². The summed E-state index contributed by atoms with van der Waals surface area (Å²) >= 11 is 0. The Kier molecular flexibility index (Phi) is 6.64. The van der Waals surface area contributed by atoms with Gasteiger partial charge in [0.2, 0.25) is 0 Å². The first-order chi connectivity index (χ1) is 8.72. The minimum absolute atomic E-state index is 0.0522. The Hall–Kier alpha value is -1.17. The molecule has 18 heavy (non-hydrogen) atoms. The van der Waals surface area contributed by atoms with Crippen LogP contribution < -0.4 is 17.0 Å². The number of anilines is 1. The SMILES string of the molecule is CCCC(OCC)C(Cc1cnccc1N)NN. The van der Waals surface area contributed by atoms with Crippen LogP contribution in [0.1, 0.15) is 32.3 Å². The van der Waals surface area contributed by atoms with Crippen LogP contribution >= 0.6 is 0 Å². The number of aromatic nitrogens is 1. The summed E-state index contributed by atoms with van der Waals surface area (Å²) in [6, 6.07) is 1.86. The Balaban J connectivity index is 2.73. The number of pyridine rings is 1. The zero-order valence-electron chi connectivity index (χ0n) is 11.2. The number of nitrogens with zero attached hydrogens (tertiary/aromatic N) is 1. The van der Waals surface area contributed by atoms with Crippen molar-refractivity contribution in [1.82, 2.24) is 10.4 Å². The number of rotatable bonds is 8. The van der Waals surface area contributed by atoms with Gasteiger partial charge >= 0.3 is 0 Å². The van der Waals surface area contributed by atoms with Gasteiger partial charge in [-0.2, -0.15) is 0 Å². The highest BCUT2D eigenvalue weighted by Crippen LogP contribution is 2.16. The van der Waals surface area contributed by atoms with Gasteiger partial charge in [0.15, 0.2) is 0 Å². The van der Waals surface area contributed by atoms with Crippen molar-refractivity contribution in [2.45, 2.75) is 45.3 Å². The molecule has 0 aromatic carbocycles. The molecule has 1 aromatic rings. The lowest BCUT2D eigenvalue weighted by Gasteiger charge is -2.26. The average molecular weight is 252 g/mol. The van der Waals surface area contributed by atoms with Gasteiger partial charge in [-0.15, -0.1) is 0 Å². The molecule has 2 atom stereocenters. The fourth-order valence-corrected chi connectivity index (χ4v) is 2.04. The lowest BCUT2D eigenvalue weighted by Crippen LogP contribution is -2.46. The molecule has 1 aromatic heterocycles. The topological polar surface area (TPSA) is 86.2 Å². The van der Waals surface area contributed by atoms with Gasteiger partial charge in [-0.3, -0.25) is 16.3 Å². The van der Waals surface area contributed by atoms with Crippen molar-refractivity contribution in [1.29, 1.82) is 0 Å². The van der Waals surface area contributed by atoms with E-state index in [0.29, 0.717) is 6.61 Å². The summed E-state index contributed by atoms with van der Waals surface area (Å²) < 4.78 is 5.74. The molecule has 0 spiro atoms. The van der Waals surface area contributed by atoms with Crippen LogP contribution in [-0.4, -0.2) is 23.7 Å². The highest BCUT2D eigenvalue weighted by Gasteiger charge is 2.21. The second-order valence-electron chi connectivity index (χ2n) is 4.33. The summed E-state index contributed by atoms with van der Waals surface area (Å²) in [5, 5.41) is 0. The Bertz CT molecular complexity index is 340. The minimum Gasteiger partial charge on any atom is -0.398 e. The smallest absolute Gasteiger partial charge is 0.0744 e. The molecule has 2 unspecified atom stereocenters. The lowest BCUT2D eigenvalue weighted by molar-refractivity contribution is 0.0282. The number of ether oxygens (including phenoxy) is 1. The first kappa shape index (κ1) is 14.9. The van der Waals surface area contributed by atoms with E-state index in [0.717, 1.165) is 30.5 Å². The third kappa shape index (κ3) is 4.25. The Morgan fingerprint density at radius 2 is 2.22 bits per heavy atom. The molecule has 0 amide bonds. The van der Waals surface area contributed by atoms with Crippen LogP contribution in [0.5, 0.6) is 0 Å². The number of nitrogen functional groups attached to an aromatic ring is 1. The number of hydrazine groups is 1. The Labute approximate surface area is 109 Å². The van der Waals surface area contributed by atoms with Crippen molar-refractivity contribution in [3.63, 3.8) is 0 Å². The molecular weight excluding hydrogens is 228 g/mol. The van der Waals surface area contributed by atoms with Gasteiger partial charge in [0.25, 0.3) is 0 Å². The van der Waals surface area contributed by atoms with Crippen molar-refractivity contribution in [2.24, 2.45) is 5.84 Å². The van der Waals surface area contributed by atoms with Crippen LogP contribution in [0.15, 0.2) is 18.5 Å². The number of nitrogens with one attached hydrogen (secondary N) is 1. The van der Waals surface area contributed by atoms with Crippen LogP contribution in [0.4, 0.5) is 5.69 Å². The van der Waals surface area contributed by atoms with Gasteiger partial charge in [-0.25, -0.2) is 0 Å². The predicted octanol–water partition coefficient (Wildman–Crippen LogP) is 1.24. The molecule has 102 valence electrons. The summed E-state index contributed by atoms with van der Waals surface area (Å²) in [7, 11) is 0. The molecule has 0 aliphatic rings. The fraction of sp³-hybridized carbons (Fsp3) is 0.615. The molecule has 5 heteroatoms. The van der Waals surface area contributed by atoms with E-state index in [1.54, 1.807) is 18.5 Å². The summed E-state index contributed by atoms with van der Waals surface area (Å²) in [6.07, 6.45) is 6.34. The van der Waals surface area contributed by atoms with E-state index in [2.05, 4.69) is 17.3 Å². The van der Waals surface area contributed by atoms with Crippen molar-refractivity contribution < 1.29 is 4.74 Å². The molecule has 0 radical (unpaired) electrons. The molecule has 0 saturated heterocycles. The molecule has 0 fully saturated rings. The van der Waals surface area contributed by atoms with Gasteiger partial charge in [0.1, 0.15) is 0 Å². The Morgan fingerprint density at radius 1 is 1.44 bits per heavy atom. The maximum Gasteiger partial charge on any atom is 0.0744 e. The maximum atomic E-state index is 5.92. The Morgan fingerprint density at radius 3 is 2.78 bits per heavy atom. The van der Waals surface area contributed by atoms with Gasteiger partial charge in [-0.1, -0.05) is 13.3 Å². The maximum absolute atomic E-state index is 5.92. The third-order valence-corrected chi connectivity index (χ3v) is 3.00. The third-order valence-electron chi connectivity index (χ3n) is 3.00.